The van der Waals surface area contributed by atoms with Crippen LogP contribution in [0.3, 0.4) is 0 Å². The molecule has 86 valence electrons. The van der Waals surface area contributed by atoms with Gasteiger partial charge in [0.15, 0.2) is 4.32 Å². The summed E-state index contributed by atoms with van der Waals surface area (Å²) in [6.07, 6.45) is 0. The molecule has 16 heavy (non-hydrogen) atoms. The first-order chi connectivity index (χ1) is 7.57. The van der Waals surface area contributed by atoms with Crippen LogP contribution in [0.25, 0.3) is 0 Å². The number of hydrogen-bond donors (Lipinski definition) is 0. The molecular weight excluding hydrogens is 246 g/mol. The molecule has 0 bridgehead atoms. The molecule has 0 fully saturated rings. The highest BCUT2D eigenvalue weighted by molar-refractivity contribution is 7.72. The lowest BCUT2D eigenvalue weighted by atomic mass is 10.2. The Balaban J connectivity index is 3.11. The Hall–Kier alpha value is -1.13. The van der Waals surface area contributed by atoms with Crippen molar-refractivity contribution in [2.45, 2.75) is 19.9 Å². The fourth-order valence-electron chi connectivity index (χ4n) is 1.37. The number of halogens is 1. The fraction of sp³-hybridized carbons (Fsp3) is 0.273. The SMILES string of the molecule is CC(C)N(C(=O)C(Cl)=S=O)c1ccccc1. The van der Waals surface area contributed by atoms with E-state index in [4.69, 9.17) is 11.6 Å². The van der Waals surface area contributed by atoms with E-state index < -0.39 is 5.91 Å². The van der Waals surface area contributed by atoms with Crippen LogP contribution in [-0.2, 0) is 16.1 Å². The molecule has 5 heteroatoms. The largest absolute Gasteiger partial charge is 0.304 e. The first-order valence-electron chi connectivity index (χ1n) is 4.78. The second kappa shape index (κ2) is 5.82. The highest BCUT2D eigenvalue weighted by Gasteiger charge is 2.22. The standard InChI is InChI=1S/C11H12ClNO2S/c1-8(2)13(11(14)10(12)16-15)9-6-4-3-5-7-9/h3-8H,1-2H3. The van der Waals surface area contributed by atoms with Gasteiger partial charge in [-0.1, -0.05) is 29.8 Å². The van der Waals surface area contributed by atoms with Crippen molar-refractivity contribution in [3.63, 3.8) is 0 Å². The van der Waals surface area contributed by atoms with Gasteiger partial charge < -0.3 is 4.90 Å². The smallest absolute Gasteiger partial charge is 0.283 e. The van der Waals surface area contributed by atoms with E-state index in [1.807, 2.05) is 32.0 Å². The number of carbonyl (C=O) groups is 1. The van der Waals surface area contributed by atoms with Crippen LogP contribution in [-0.4, -0.2) is 20.5 Å². The van der Waals surface area contributed by atoms with Gasteiger partial charge in [0.1, 0.15) is 11.3 Å². The van der Waals surface area contributed by atoms with Gasteiger partial charge in [-0.15, -0.1) is 0 Å². The molecule has 0 heterocycles. The van der Waals surface area contributed by atoms with Crippen LogP contribution >= 0.6 is 11.6 Å². The van der Waals surface area contributed by atoms with Gasteiger partial charge in [0.25, 0.3) is 5.91 Å². The minimum absolute atomic E-state index is 0.0142. The van der Waals surface area contributed by atoms with Gasteiger partial charge in [0.2, 0.25) is 0 Å². The number of anilines is 1. The molecule has 0 N–H and O–H groups in total. The molecule has 0 aliphatic carbocycles. The number of benzene rings is 1. The second-order valence-corrected chi connectivity index (χ2v) is 4.64. The van der Waals surface area contributed by atoms with Crippen LogP contribution in [0, 0.1) is 0 Å². The van der Waals surface area contributed by atoms with E-state index in [0.717, 1.165) is 5.69 Å². The Morgan fingerprint density at radius 2 is 1.88 bits per heavy atom. The van der Waals surface area contributed by atoms with E-state index in [0.29, 0.717) is 0 Å². The molecule has 0 spiro atoms. The van der Waals surface area contributed by atoms with Gasteiger partial charge >= 0.3 is 0 Å². The summed E-state index contributed by atoms with van der Waals surface area (Å²) in [6.45, 7) is 3.73. The number of para-hydroxylation sites is 1. The number of rotatable bonds is 3. The van der Waals surface area contributed by atoms with E-state index >= 15 is 0 Å². The van der Waals surface area contributed by atoms with Crippen LogP contribution in [0.4, 0.5) is 5.69 Å². The van der Waals surface area contributed by atoms with Crippen LogP contribution in [0.5, 0.6) is 0 Å². The summed E-state index contributed by atoms with van der Waals surface area (Å²) >= 11 is 5.59. The van der Waals surface area contributed by atoms with Crippen LogP contribution in [0.1, 0.15) is 13.8 Å². The Labute approximate surface area is 103 Å². The predicted octanol–water partition coefficient (Wildman–Crippen LogP) is 2.01. The van der Waals surface area contributed by atoms with Crippen molar-refractivity contribution in [2.24, 2.45) is 0 Å². The summed E-state index contributed by atoms with van der Waals surface area (Å²) in [5.74, 6) is -0.456. The number of amides is 1. The van der Waals surface area contributed by atoms with Gasteiger partial charge in [-0.05, 0) is 26.0 Å². The zero-order valence-electron chi connectivity index (χ0n) is 9.01. The average Bonchev–Trinajstić information content (AvgIpc) is 2.29. The third-order valence-electron chi connectivity index (χ3n) is 2.01. The zero-order chi connectivity index (χ0) is 12.1. The third kappa shape index (κ3) is 2.93. The first kappa shape index (κ1) is 12.9. The third-order valence-corrected chi connectivity index (χ3v) is 2.68. The van der Waals surface area contributed by atoms with Gasteiger partial charge in [0, 0.05) is 11.7 Å². The molecule has 0 aromatic heterocycles. The molecule has 1 aromatic rings. The van der Waals surface area contributed by atoms with E-state index in [-0.39, 0.29) is 21.6 Å². The van der Waals surface area contributed by atoms with Gasteiger partial charge in [-0.3, -0.25) is 4.79 Å². The maximum Gasteiger partial charge on any atom is 0.283 e. The lowest BCUT2D eigenvalue weighted by Gasteiger charge is -2.25. The molecule has 0 atom stereocenters. The predicted molar refractivity (Wildman–Crippen MR) is 68.1 cm³/mol. The molecule has 1 rings (SSSR count). The number of carbonyl (C=O) groups excluding carboxylic acids is 1. The van der Waals surface area contributed by atoms with Crippen molar-refractivity contribution < 1.29 is 9.00 Å². The maximum absolute atomic E-state index is 11.9. The number of hydrogen-bond acceptors (Lipinski definition) is 2. The number of nitrogens with zero attached hydrogens (tertiary/aromatic N) is 1. The Morgan fingerprint density at radius 3 is 2.31 bits per heavy atom. The summed E-state index contributed by atoms with van der Waals surface area (Å²) in [5.41, 5.74) is 0.731. The van der Waals surface area contributed by atoms with Crippen LogP contribution in [0.2, 0.25) is 0 Å². The minimum atomic E-state index is -0.456. The zero-order valence-corrected chi connectivity index (χ0v) is 10.6. The lowest BCUT2D eigenvalue weighted by molar-refractivity contribution is -0.112. The fourth-order valence-corrected chi connectivity index (χ4v) is 1.63. The topological polar surface area (TPSA) is 37.4 Å². The Bertz CT molecular complexity index is 427. The van der Waals surface area contributed by atoms with Gasteiger partial charge in [-0.25, -0.2) is 4.21 Å². The molecule has 0 unspecified atom stereocenters. The molecule has 0 aliphatic rings. The maximum atomic E-state index is 11.9. The summed E-state index contributed by atoms with van der Waals surface area (Å²) in [4.78, 5) is 13.3. The molecule has 0 radical (unpaired) electrons. The van der Waals surface area contributed by atoms with Crippen LogP contribution in [0.15, 0.2) is 30.3 Å². The highest BCUT2D eigenvalue weighted by Crippen LogP contribution is 2.17. The van der Waals surface area contributed by atoms with Crippen LogP contribution < -0.4 is 4.90 Å². The molecule has 3 nitrogen and oxygen atoms in total. The highest BCUT2D eigenvalue weighted by atomic mass is 35.5. The monoisotopic (exact) mass is 257 g/mol. The van der Waals surface area contributed by atoms with Crippen molar-refractivity contribution in [3.05, 3.63) is 30.3 Å². The van der Waals surface area contributed by atoms with Crippen molar-refractivity contribution in [1.82, 2.24) is 0 Å². The van der Waals surface area contributed by atoms with Crippen molar-refractivity contribution in [2.75, 3.05) is 4.90 Å². The molecule has 1 aromatic carbocycles. The summed E-state index contributed by atoms with van der Waals surface area (Å²) in [7, 11) is 0. The van der Waals surface area contributed by atoms with Gasteiger partial charge in [0.05, 0.1) is 0 Å². The van der Waals surface area contributed by atoms with E-state index in [9.17, 15) is 9.00 Å². The minimum Gasteiger partial charge on any atom is -0.304 e. The van der Waals surface area contributed by atoms with Crippen molar-refractivity contribution in [3.8, 4) is 0 Å². The normalized spacial score (nSPS) is 10.0. The molecule has 0 saturated heterocycles. The molecular formula is C11H12ClNO2S. The van der Waals surface area contributed by atoms with Crippen molar-refractivity contribution >= 4 is 38.8 Å². The van der Waals surface area contributed by atoms with E-state index in [1.165, 1.54) is 4.90 Å². The van der Waals surface area contributed by atoms with Crippen molar-refractivity contribution in [1.29, 1.82) is 0 Å². The first-order valence-corrected chi connectivity index (χ1v) is 5.90. The molecule has 0 aliphatic heterocycles. The Morgan fingerprint density at radius 1 is 1.31 bits per heavy atom. The molecule has 1 amide bonds. The van der Waals surface area contributed by atoms with E-state index in [2.05, 4.69) is 0 Å². The second-order valence-electron chi connectivity index (χ2n) is 3.46. The van der Waals surface area contributed by atoms with Gasteiger partial charge in [-0.2, -0.15) is 0 Å². The quantitative estimate of drug-likeness (QED) is 0.614. The molecule has 0 saturated carbocycles. The average molecular weight is 258 g/mol. The summed E-state index contributed by atoms with van der Waals surface area (Å²) < 4.78 is 10.3. The Kier molecular flexibility index (Phi) is 4.71. The summed E-state index contributed by atoms with van der Waals surface area (Å²) in [6, 6.07) is 9.07. The lowest BCUT2D eigenvalue weighted by Crippen LogP contribution is -2.40. The summed E-state index contributed by atoms with van der Waals surface area (Å²) in [5, 5.41) is 0. The van der Waals surface area contributed by atoms with E-state index in [1.54, 1.807) is 12.1 Å².